The molecule has 0 rings (SSSR count). The maximum absolute atomic E-state index is 11.5. The maximum atomic E-state index is 11.5. The second-order valence-electron chi connectivity index (χ2n) is 4.71. The molecule has 3 N–H and O–H groups in total. The van der Waals surface area contributed by atoms with Crippen molar-refractivity contribution in [3.63, 3.8) is 0 Å². The van der Waals surface area contributed by atoms with Crippen molar-refractivity contribution in [2.75, 3.05) is 6.54 Å². The van der Waals surface area contributed by atoms with Gasteiger partial charge in [0.15, 0.2) is 0 Å². The van der Waals surface area contributed by atoms with Crippen LogP contribution in [0.15, 0.2) is 5.11 Å². The molecule has 7 nitrogen and oxygen atoms in total. The SMILES string of the molecule is CC(C)(C)OC(=O)C[C@@H](N=[N+]=[N-])[C@H](O)CCN. The van der Waals surface area contributed by atoms with Gasteiger partial charge in [-0.1, -0.05) is 5.11 Å². The lowest BCUT2D eigenvalue weighted by atomic mass is 10.1. The third-order valence-electron chi connectivity index (χ3n) is 1.90. The first-order valence-corrected chi connectivity index (χ1v) is 5.44. The molecule has 0 radical (unpaired) electrons. The summed E-state index contributed by atoms with van der Waals surface area (Å²) in [5, 5.41) is 13.0. The second-order valence-corrected chi connectivity index (χ2v) is 4.71. The zero-order valence-electron chi connectivity index (χ0n) is 10.5. The topological polar surface area (TPSA) is 121 Å². The number of carbonyl (C=O) groups is 1. The summed E-state index contributed by atoms with van der Waals surface area (Å²) in [6.45, 7) is 5.48. The number of hydrogen-bond acceptors (Lipinski definition) is 5. The molecule has 0 aliphatic carbocycles. The Morgan fingerprint density at radius 3 is 2.59 bits per heavy atom. The monoisotopic (exact) mass is 244 g/mol. The molecule has 98 valence electrons. The molecule has 0 aliphatic heterocycles. The van der Waals surface area contributed by atoms with Crippen molar-refractivity contribution < 1.29 is 14.6 Å². The molecular weight excluding hydrogens is 224 g/mol. The predicted molar refractivity (Wildman–Crippen MR) is 63.1 cm³/mol. The van der Waals surface area contributed by atoms with Gasteiger partial charge in [0, 0.05) is 4.91 Å². The van der Waals surface area contributed by atoms with Gasteiger partial charge in [-0.3, -0.25) is 4.79 Å². The lowest BCUT2D eigenvalue weighted by Crippen LogP contribution is -2.32. The fraction of sp³-hybridized carbons (Fsp3) is 0.900. The summed E-state index contributed by atoms with van der Waals surface area (Å²) in [4.78, 5) is 14.1. The highest BCUT2D eigenvalue weighted by Gasteiger charge is 2.24. The molecule has 0 spiro atoms. The Bertz CT molecular complexity index is 294. The van der Waals surface area contributed by atoms with Crippen LogP contribution in [0.2, 0.25) is 0 Å². The molecule has 0 aromatic heterocycles. The molecule has 0 saturated carbocycles. The van der Waals surface area contributed by atoms with Crippen molar-refractivity contribution in [3.8, 4) is 0 Å². The molecule has 2 atom stereocenters. The van der Waals surface area contributed by atoms with Crippen LogP contribution < -0.4 is 5.73 Å². The third kappa shape index (κ3) is 7.57. The predicted octanol–water partition coefficient (Wildman–Crippen LogP) is 1.11. The zero-order chi connectivity index (χ0) is 13.5. The largest absolute Gasteiger partial charge is 0.460 e. The Balaban J connectivity index is 4.44. The van der Waals surface area contributed by atoms with Gasteiger partial charge in [-0.15, -0.1) is 0 Å². The number of azide groups is 1. The molecule has 0 fully saturated rings. The van der Waals surface area contributed by atoms with Crippen molar-refractivity contribution in [3.05, 3.63) is 10.4 Å². The molecule has 0 amide bonds. The molecule has 0 aromatic carbocycles. The van der Waals surface area contributed by atoms with E-state index in [-0.39, 0.29) is 19.4 Å². The normalized spacial score (nSPS) is 14.6. The first-order valence-electron chi connectivity index (χ1n) is 5.44. The number of esters is 1. The highest BCUT2D eigenvalue weighted by atomic mass is 16.6. The molecule has 0 bridgehead atoms. The minimum Gasteiger partial charge on any atom is -0.460 e. The van der Waals surface area contributed by atoms with E-state index in [1.807, 2.05) is 0 Å². The van der Waals surface area contributed by atoms with E-state index in [1.54, 1.807) is 20.8 Å². The molecule has 7 heteroatoms. The van der Waals surface area contributed by atoms with Crippen LogP contribution in [0.4, 0.5) is 0 Å². The summed E-state index contributed by atoms with van der Waals surface area (Å²) in [5.74, 6) is -0.508. The average molecular weight is 244 g/mol. The third-order valence-corrected chi connectivity index (χ3v) is 1.90. The van der Waals surface area contributed by atoms with Crippen LogP contribution in [0.5, 0.6) is 0 Å². The highest BCUT2D eigenvalue weighted by molar-refractivity contribution is 5.70. The van der Waals surface area contributed by atoms with E-state index < -0.39 is 23.7 Å². The number of nitrogens with two attached hydrogens (primary N) is 1. The van der Waals surface area contributed by atoms with E-state index in [0.717, 1.165) is 0 Å². The molecule has 0 heterocycles. The smallest absolute Gasteiger partial charge is 0.306 e. The number of hydrogen-bond donors (Lipinski definition) is 2. The van der Waals surface area contributed by atoms with Crippen molar-refractivity contribution in [1.82, 2.24) is 0 Å². The first-order chi connectivity index (χ1) is 7.80. The Kier molecular flexibility index (Phi) is 6.57. The minimum atomic E-state index is -0.927. The van der Waals surface area contributed by atoms with E-state index in [0.29, 0.717) is 0 Å². The van der Waals surface area contributed by atoms with Crippen LogP contribution in [-0.2, 0) is 9.53 Å². The van der Waals surface area contributed by atoms with E-state index in [4.69, 9.17) is 16.0 Å². The number of aliphatic hydroxyl groups excluding tert-OH is 1. The minimum absolute atomic E-state index is 0.150. The number of aliphatic hydroxyl groups is 1. The summed E-state index contributed by atoms with van der Waals surface area (Å²) in [5.41, 5.74) is 13.0. The van der Waals surface area contributed by atoms with Crippen LogP contribution in [0, 0.1) is 0 Å². The van der Waals surface area contributed by atoms with Gasteiger partial charge in [0.2, 0.25) is 0 Å². The van der Waals surface area contributed by atoms with Gasteiger partial charge in [-0.25, -0.2) is 0 Å². The van der Waals surface area contributed by atoms with Gasteiger partial charge in [-0.05, 0) is 39.3 Å². The van der Waals surface area contributed by atoms with E-state index in [1.165, 1.54) is 0 Å². The lowest BCUT2D eigenvalue weighted by Gasteiger charge is -2.22. The van der Waals surface area contributed by atoms with Crippen LogP contribution in [-0.4, -0.2) is 35.4 Å². The lowest BCUT2D eigenvalue weighted by molar-refractivity contribution is -0.155. The van der Waals surface area contributed by atoms with Crippen LogP contribution >= 0.6 is 0 Å². The first kappa shape index (κ1) is 15.7. The molecule has 0 aliphatic rings. The standard InChI is InChI=1S/C10H20N4O3/c1-10(2,3)17-9(16)6-7(13-14-12)8(15)4-5-11/h7-8,15H,4-6,11H2,1-3H3/t7-,8-/m1/s1. The fourth-order valence-electron chi connectivity index (χ4n) is 1.24. The summed E-state index contributed by atoms with van der Waals surface area (Å²) in [6, 6.07) is -0.835. The summed E-state index contributed by atoms with van der Waals surface area (Å²) in [7, 11) is 0. The second kappa shape index (κ2) is 7.11. The van der Waals surface area contributed by atoms with Gasteiger partial charge in [0.25, 0.3) is 0 Å². The van der Waals surface area contributed by atoms with Crippen molar-refractivity contribution >= 4 is 5.97 Å². The summed E-state index contributed by atoms with van der Waals surface area (Å²) < 4.78 is 5.08. The molecule has 17 heavy (non-hydrogen) atoms. The Labute approximate surface area is 101 Å². The number of carbonyl (C=O) groups excluding carboxylic acids is 1. The summed E-state index contributed by atoms with van der Waals surface area (Å²) in [6.07, 6.45) is -0.807. The van der Waals surface area contributed by atoms with Crippen LogP contribution in [0.3, 0.4) is 0 Å². The molecule has 0 aromatic rings. The Hall–Kier alpha value is -1.30. The van der Waals surface area contributed by atoms with Gasteiger partial charge >= 0.3 is 5.97 Å². The molecule has 0 saturated heterocycles. The maximum Gasteiger partial charge on any atom is 0.306 e. The van der Waals surface area contributed by atoms with Crippen molar-refractivity contribution in [2.24, 2.45) is 10.8 Å². The van der Waals surface area contributed by atoms with E-state index in [2.05, 4.69) is 10.0 Å². The number of ether oxygens (including phenoxy) is 1. The van der Waals surface area contributed by atoms with E-state index >= 15 is 0 Å². The summed E-state index contributed by atoms with van der Waals surface area (Å²) >= 11 is 0. The Morgan fingerprint density at radius 2 is 2.18 bits per heavy atom. The van der Waals surface area contributed by atoms with Crippen LogP contribution in [0.25, 0.3) is 10.4 Å². The highest BCUT2D eigenvalue weighted by Crippen LogP contribution is 2.13. The number of rotatable bonds is 6. The number of nitrogens with zero attached hydrogens (tertiary/aromatic N) is 3. The van der Waals surface area contributed by atoms with Gasteiger partial charge in [-0.2, -0.15) is 0 Å². The van der Waals surface area contributed by atoms with Gasteiger partial charge in [0.05, 0.1) is 18.6 Å². The van der Waals surface area contributed by atoms with Crippen LogP contribution in [0.1, 0.15) is 33.6 Å². The van der Waals surface area contributed by atoms with Crippen molar-refractivity contribution in [2.45, 2.75) is 51.4 Å². The van der Waals surface area contributed by atoms with Gasteiger partial charge in [0.1, 0.15) is 5.60 Å². The van der Waals surface area contributed by atoms with Gasteiger partial charge < -0.3 is 15.6 Å². The molecular formula is C10H20N4O3. The quantitative estimate of drug-likeness (QED) is 0.314. The zero-order valence-corrected chi connectivity index (χ0v) is 10.5. The Morgan fingerprint density at radius 1 is 1.59 bits per heavy atom. The fourth-order valence-corrected chi connectivity index (χ4v) is 1.24. The average Bonchev–Trinajstić information content (AvgIpc) is 2.14. The van der Waals surface area contributed by atoms with E-state index in [9.17, 15) is 9.90 Å². The molecule has 0 unspecified atom stereocenters. The van der Waals surface area contributed by atoms with Crippen molar-refractivity contribution in [1.29, 1.82) is 0 Å².